The Morgan fingerprint density at radius 3 is 2.95 bits per heavy atom. The van der Waals surface area contributed by atoms with Gasteiger partial charge >= 0.3 is 5.97 Å². The third-order valence-electron chi connectivity index (χ3n) is 3.21. The van der Waals surface area contributed by atoms with Gasteiger partial charge in [0.1, 0.15) is 0 Å². The van der Waals surface area contributed by atoms with E-state index < -0.39 is 5.97 Å². The maximum absolute atomic E-state index is 10.8. The van der Waals surface area contributed by atoms with Gasteiger partial charge < -0.3 is 9.63 Å². The SMILES string of the molecule is CC(C)(CC(=O)O)Cc1nc(C2CCCCS2)no1. The summed E-state index contributed by atoms with van der Waals surface area (Å²) < 4.78 is 5.27. The van der Waals surface area contributed by atoms with Crippen LogP contribution < -0.4 is 0 Å². The van der Waals surface area contributed by atoms with E-state index >= 15 is 0 Å². The first-order valence-corrected chi connectivity index (χ1v) is 7.67. The summed E-state index contributed by atoms with van der Waals surface area (Å²) in [5.74, 6) is 1.67. The zero-order valence-electron chi connectivity index (χ0n) is 11.4. The van der Waals surface area contributed by atoms with E-state index in [1.165, 1.54) is 12.8 Å². The number of aromatic nitrogens is 2. The van der Waals surface area contributed by atoms with Crippen molar-refractivity contribution in [2.45, 2.75) is 51.2 Å². The Morgan fingerprint density at radius 1 is 1.53 bits per heavy atom. The van der Waals surface area contributed by atoms with E-state index in [1.54, 1.807) is 0 Å². The second-order valence-electron chi connectivity index (χ2n) is 5.81. The average Bonchev–Trinajstić information content (AvgIpc) is 2.76. The molecule has 0 amide bonds. The van der Waals surface area contributed by atoms with Crippen molar-refractivity contribution >= 4 is 17.7 Å². The highest BCUT2D eigenvalue weighted by Crippen LogP contribution is 2.37. The number of carbonyl (C=O) groups is 1. The fourth-order valence-corrected chi connectivity index (χ4v) is 3.53. The van der Waals surface area contributed by atoms with Crippen molar-refractivity contribution in [3.05, 3.63) is 11.7 Å². The maximum atomic E-state index is 10.8. The minimum atomic E-state index is -0.799. The number of thioether (sulfide) groups is 1. The average molecular weight is 284 g/mol. The number of carboxylic acid groups (broad SMARTS) is 1. The number of hydrogen-bond acceptors (Lipinski definition) is 5. The highest BCUT2D eigenvalue weighted by Gasteiger charge is 2.27. The fourth-order valence-electron chi connectivity index (χ4n) is 2.30. The number of rotatable bonds is 5. The molecule has 1 N–H and O–H groups in total. The first kappa shape index (κ1) is 14.4. The lowest BCUT2D eigenvalue weighted by Crippen LogP contribution is -2.19. The van der Waals surface area contributed by atoms with Gasteiger partial charge in [0.05, 0.1) is 11.7 Å². The second-order valence-corrected chi connectivity index (χ2v) is 7.12. The monoisotopic (exact) mass is 284 g/mol. The maximum Gasteiger partial charge on any atom is 0.303 e. The number of carboxylic acids is 1. The molecule has 1 aliphatic heterocycles. The van der Waals surface area contributed by atoms with Gasteiger partial charge in [-0.25, -0.2) is 0 Å². The van der Waals surface area contributed by atoms with Crippen molar-refractivity contribution in [1.29, 1.82) is 0 Å². The van der Waals surface area contributed by atoms with Crippen LogP contribution in [0.3, 0.4) is 0 Å². The Hall–Kier alpha value is -1.04. The smallest absolute Gasteiger partial charge is 0.303 e. The molecule has 0 aliphatic carbocycles. The predicted octanol–water partition coefficient (Wildman–Crippen LogP) is 3.07. The first-order chi connectivity index (χ1) is 8.96. The Labute approximate surface area is 117 Å². The van der Waals surface area contributed by atoms with Crippen LogP contribution in [0.25, 0.3) is 0 Å². The van der Waals surface area contributed by atoms with Crippen molar-refractivity contribution in [1.82, 2.24) is 10.1 Å². The van der Waals surface area contributed by atoms with E-state index in [1.807, 2.05) is 25.6 Å². The van der Waals surface area contributed by atoms with E-state index in [-0.39, 0.29) is 11.8 Å². The molecule has 6 heteroatoms. The van der Waals surface area contributed by atoms with Crippen LogP contribution in [-0.4, -0.2) is 27.0 Å². The molecular weight excluding hydrogens is 264 g/mol. The van der Waals surface area contributed by atoms with Crippen molar-refractivity contribution in [2.75, 3.05) is 5.75 Å². The van der Waals surface area contributed by atoms with Gasteiger partial charge in [0.25, 0.3) is 0 Å². The van der Waals surface area contributed by atoms with Gasteiger partial charge in [0, 0.05) is 6.42 Å². The van der Waals surface area contributed by atoms with Crippen LogP contribution in [0.5, 0.6) is 0 Å². The Kier molecular flexibility index (Phi) is 4.50. The molecule has 0 bridgehead atoms. The summed E-state index contributed by atoms with van der Waals surface area (Å²) in [6.07, 6.45) is 4.18. The molecule has 5 nitrogen and oxygen atoms in total. The molecule has 106 valence electrons. The summed E-state index contributed by atoms with van der Waals surface area (Å²) in [7, 11) is 0. The predicted molar refractivity (Wildman–Crippen MR) is 73.1 cm³/mol. The van der Waals surface area contributed by atoms with Gasteiger partial charge in [-0.05, 0) is 24.0 Å². The Morgan fingerprint density at radius 2 is 2.32 bits per heavy atom. The van der Waals surface area contributed by atoms with Gasteiger partial charge in [-0.15, -0.1) is 0 Å². The Bertz CT molecular complexity index is 439. The lowest BCUT2D eigenvalue weighted by molar-refractivity contribution is -0.139. The fraction of sp³-hybridized carbons (Fsp3) is 0.769. The molecule has 2 heterocycles. The van der Waals surface area contributed by atoms with E-state index in [0.29, 0.717) is 17.6 Å². The highest BCUT2D eigenvalue weighted by atomic mass is 32.2. The zero-order valence-corrected chi connectivity index (χ0v) is 12.2. The third kappa shape index (κ3) is 4.23. The van der Waals surface area contributed by atoms with Crippen molar-refractivity contribution in [3.63, 3.8) is 0 Å². The van der Waals surface area contributed by atoms with Gasteiger partial charge in [0.15, 0.2) is 5.82 Å². The molecule has 1 unspecified atom stereocenters. The molecule has 1 aliphatic rings. The van der Waals surface area contributed by atoms with Gasteiger partial charge in [-0.2, -0.15) is 16.7 Å². The summed E-state index contributed by atoms with van der Waals surface area (Å²) in [6, 6.07) is 0. The van der Waals surface area contributed by atoms with Crippen molar-refractivity contribution < 1.29 is 14.4 Å². The zero-order chi connectivity index (χ0) is 13.9. The minimum Gasteiger partial charge on any atom is -0.481 e. The second kappa shape index (κ2) is 5.94. The number of nitrogens with zero attached hydrogens (tertiary/aromatic N) is 2. The van der Waals surface area contributed by atoms with Crippen molar-refractivity contribution in [2.24, 2.45) is 5.41 Å². The molecule has 19 heavy (non-hydrogen) atoms. The van der Waals surface area contributed by atoms with Gasteiger partial charge in [0.2, 0.25) is 5.89 Å². The van der Waals surface area contributed by atoms with Gasteiger partial charge in [-0.3, -0.25) is 4.79 Å². The largest absolute Gasteiger partial charge is 0.481 e. The van der Waals surface area contributed by atoms with Crippen LogP contribution in [0, 0.1) is 5.41 Å². The van der Waals surface area contributed by atoms with Gasteiger partial charge in [-0.1, -0.05) is 25.4 Å². The van der Waals surface area contributed by atoms with E-state index in [4.69, 9.17) is 9.63 Å². The van der Waals surface area contributed by atoms with E-state index in [2.05, 4.69) is 10.1 Å². The first-order valence-electron chi connectivity index (χ1n) is 6.62. The van der Waals surface area contributed by atoms with Crippen LogP contribution in [0.15, 0.2) is 4.52 Å². The molecule has 0 saturated carbocycles. The minimum absolute atomic E-state index is 0.100. The third-order valence-corrected chi connectivity index (χ3v) is 4.58. The summed E-state index contributed by atoms with van der Waals surface area (Å²) in [4.78, 5) is 15.2. The lowest BCUT2D eigenvalue weighted by Gasteiger charge is -2.19. The lowest BCUT2D eigenvalue weighted by atomic mass is 9.86. The molecule has 2 rings (SSSR count). The molecule has 1 aromatic heterocycles. The van der Waals surface area contributed by atoms with Crippen LogP contribution >= 0.6 is 11.8 Å². The number of hydrogen-bond donors (Lipinski definition) is 1. The molecule has 0 aromatic carbocycles. The summed E-state index contributed by atoms with van der Waals surface area (Å²) in [6.45, 7) is 3.81. The van der Waals surface area contributed by atoms with Crippen molar-refractivity contribution in [3.8, 4) is 0 Å². The number of aliphatic carboxylic acids is 1. The molecule has 1 fully saturated rings. The standard InChI is InChI=1S/C13H20N2O3S/c1-13(2,8-11(16)17)7-10-14-12(15-18-10)9-5-3-4-6-19-9/h9H,3-8H2,1-2H3,(H,16,17). The molecule has 1 atom stereocenters. The molecule has 0 radical (unpaired) electrons. The molecule has 1 saturated heterocycles. The van der Waals surface area contributed by atoms with Crippen LogP contribution in [0.2, 0.25) is 0 Å². The van der Waals surface area contributed by atoms with Crippen LogP contribution in [0.1, 0.15) is 56.5 Å². The summed E-state index contributed by atoms with van der Waals surface area (Å²) in [5, 5.41) is 13.3. The van der Waals surface area contributed by atoms with E-state index in [9.17, 15) is 4.79 Å². The summed E-state index contributed by atoms with van der Waals surface area (Å²) in [5.41, 5.74) is -0.366. The highest BCUT2D eigenvalue weighted by molar-refractivity contribution is 7.99. The molecule has 1 aromatic rings. The van der Waals surface area contributed by atoms with Crippen LogP contribution in [-0.2, 0) is 11.2 Å². The van der Waals surface area contributed by atoms with Crippen LogP contribution in [0.4, 0.5) is 0 Å². The molecular formula is C13H20N2O3S. The van der Waals surface area contributed by atoms with E-state index in [0.717, 1.165) is 18.0 Å². The quantitative estimate of drug-likeness (QED) is 0.895. The topological polar surface area (TPSA) is 76.2 Å². The summed E-state index contributed by atoms with van der Waals surface area (Å²) >= 11 is 1.88. The molecule has 0 spiro atoms. The normalized spacial score (nSPS) is 20.4. The Balaban J connectivity index is 1.98.